The van der Waals surface area contributed by atoms with Crippen molar-refractivity contribution < 1.29 is 24.2 Å². The summed E-state index contributed by atoms with van der Waals surface area (Å²) in [6, 6.07) is 0. The van der Waals surface area contributed by atoms with E-state index in [0.717, 1.165) is 10.4 Å². The lowest BCUT2D eigenvalue weighted by Crippen LogP contribution is -2.34. The van der Waals surface area contributed by atoms with Crippen molar-refractivity contribution in [3.05, 3.63) is 16.0 Å². The highest BCUT2D eigenvalue weighted by Crippen LogP contribution is 2.37. The van der Waals surface area contributed by atoms with Crippen LogP contribution in [-0.4, -0.2) is 41.6 Å². The topological polar surface area (TPSA) is 95.9 Å². The predicted molar refractivity (Wildman–Crippen MR) is 72.1 cm³/mol. The molecule has 2 N–H and O–H groups in total. The fourth-order valence-corrected chi connectivity index (χ4v) is 3.43. The Labute approximate surface area is 119 Å². The van der Waals surface area contributed by atoms with Crippen LogP contribution in [0.5, 0.6) is 0 Å². The van der Waals surface area contributed by atoms with Gasteiger partial charge in [0.05, 0.1) is 19.2 Å². The van der Waals surface area contributed by atoms with E-state index in [4.69, 9.17) is 9.84 Å². The molecule has 0 saturated heterocycles. The summed E-state index contributed by atoms with van der Waals surface area (Å²) in [5.41, 5.74) is 1.11. The Balaban J connectivity index is 2.42. The lowest BCUT2D eigenvalue weighted by atomic mass is 10.0. The molecule has 0 aromatic carbocycles. The standard InChI is InChI=1S/C12H14N2O5S/c1-6(15)13-10-9(11(16)19-2)7-3-4-14(12(17)18)5-8(7)20-10/h3-5H2,1-2H3,(H,13,15)(H,17,18). The van der Waals surface area contributed by atoms with Crippen LogP contribution in [0.15, 0.2) is 0 Å². The number of fused-ring (bicyclic) bond motifs is 1. The van der Waals surface area contributed by atoms with Crippen LogP contribution in [0, 0.1) is 0 Å². The van der Waals surface area contributed by atoms with E-state index in [2.05, 4.69) is 5.32 Å². The summed E-state index contributed by atoms with van der Waals surface area (Å²) >= 11 is 1.22. The zero-order chi connectivity index (χ0) is 14.9. The van der Waals surface area contributed by atoms with Crippen molar-refractivity contribution in [2.75, 3.05) is 19.0 Å². The van der Waals surface area contributed by atoms with Gasteiger partial charge in [-0.3, -0.25) is 4.79 Å². The molecular weight excluding hydrogens is 284 g/mol. The molecule has 20 heavy (non-hydrogen) atoms. The number of hydrogen-bond acceptors (Lipinski definition) is 5. The van der Waals surface area contributed by atoms with Crippen molar-refractivity contribution >= 4 is 34.3 Å². The van der Waals surface area contributed by atoms with E-state index in [0.29, 0.717) is 23.5 Å². The lowest BCUT2D eigenvalue weighted by Gasteiger charge is -2.24. The smallest absolute Gasteiger partial charge is 0.407 e. The Morgan fingerprint density at radius 3 is 2.65 bits per heavy atom. The van der Waals surface area contributed by atoms with Crippen molar-refractivity contribution in [2.45, 2.75) is 19.9 Å². The monoisotopic (exact) mass is 298 g/mol. The highest BCUT2D eigenvalue weighted by molar-refractivity contribution is 7.17. The number of carbonyl (C=O) groups is 3. The maximum Gasteiger partial charge on any atom is 0.407 e. The van der Waals surface area contributed by atoms with Crippen molar-refractivity contribution in [3.8, 4) is 0 Å². The first-order valence-corrected chi connectivity index (χ1v) is 6.74. The molecule has 7 nitrogen and oxygen atoms in total. The van der Waals surface area contributed by atoms with Crippen LogP contribution >= 0.6 is 11.3 Å². The number of rotatable bonds is 2. The van der Waals surface area contributed by atoms with Crippen LogP contribution < -0.4 is 5.32 Å². The summed E-state index contributed by atoms with van der Waals surface area (Å²) in [6.07, 6.45) is -0.563. The number of hydrogen-bond donors (Lipinski definition) is 2. The fourth-order valence-electron chi connectivity index (χ4n) is 2.13. The van der Waals surface area contributed by atoms with Gasteiger partial charge < -0.3 is 20.1 Å². The second-order valence-corrected chi connectivity index (χ2v) is 5.44. The first-order valence-electron chi connectivity index (χ1n) is 5.92. The van der Waals surface area contributed by atoms with Gasteiger partial charge in [0.15, 0.2) is 0 Å². The molecule has 0 spiro atoms. The van der Waals surface area contributed by atoms with Crippen LogP contribution in [0.3, 0.4) is 0 Å². The van der Waals surface area contributed by atoms with E-state index in [1.807, 2.05) is 0 Å². The average Bonchev–Trinajstić information content (AvgIpc) is 2.73. The van der Waals surface area contributed by atoms with Gasteiger partial charge >= 0.3 is 12.1 Å². The van der Waals surface area contributed by atoms with E-state index >= 15 is 0 Å². The first kappa shape index (κ1) is 14.3. The van der Waals surface area contributed by atoms with Crippen LogP contribution in [0.2, 0.25) is 0 Å². The number of carboxylic acid groups (broad SMARTS) is 1. The molecule has 2 amide bonds. The number of anilines is 1. The number of amides is 2. The third kappa shape index (κ3) is 2.60. The van der Waals surface area contributed by atoms with Crippen LogP contribution in [-0.2, 0) is 22.5 Å². The minimum absolute atomic E-state index is 0.221. The molecule has 108 valence electrons. The molecule has 0 aliphatic carbocycles. The Hall–Kier alpha value is -2.09. The minimum Gasteiger partial charge on any atom is -0.465 e. The van der Waals surface area contributed by atoms with E-state index in [1.54, 1.807) is 0 Å². The molecule has 0 radical (unpaired) electrons. The summed E-state index contributed by atoms with van der Waals surface area (Å²) in [5, 5.41) is 12.0. The SMILES string of the molecule is COC(=O)c1c(NC(C)=O)sc2c1CCN(C(=O)O)C2. The number of esters is 1. The maximum absolute atomic E-state index is 11.9. The van der Waals surface area contributed by atoms with Gasteiger partial charge in [-0.2, -0.15) is 0 Å². The Morgan fingerprint density at radius 1 is 1.40 bits per heavy atom. The lowest BCUT2D eigenvalue weighted by molar-refractivity contribution is -0.114. The maximum atomic E-state index is 11.9. The van der Waals surface area contributed by atoms with Gasteiger partial charge in [-0.15, -0.1) is 11.3 Å². The van der Waals surface area contributed by atoms with E-state index in [9.17, 15) is 14.4 Å². The molecule has 1 aromatic rings. The van der Waals surface area contributed by atoms with Crippen molar-refractivity contribution in [1.29, 1.82) is 0 Å². The number of nitrogens with one attached hydrogen (secondary N) is 1. The second kappa shape index (κ2) is 5.49. The zero-order valence-corrected chi connectivity index (χ0v) is 11.9. The minimum atomic E-state index is -0.996. The van der Waals surface area contributed by atoms with Gasteiger partial charge in [0.25, 0.3) is 0 Å². The first-order chi connectivity index (χ1) is 9.43. The summed E-state index contributed by atoms with van der Waals surface area (Å²) < 4.78 is 4.74. The molecule has 0 unspecified atom stereocenters. The van der Waals surface area contributed by atoms with Gasteiger partial charge in [-0.05, 0) is 12.0 Å². The van der Waals surface area contributed by atoms with Crippen LogP contribution in [0.25, 0.3) is 0 Å². The Kier molecular flexibility index (Phi) is 3.93. The third-order valence-corrected chi connectivity index (χ3v) is 4.14. The van der Waals surface area contributed by atoms with Crippen molar-refractivity contribution in [1.82, 2.24) is 4.90 Å². The third-order valence-electron chi connectivity index (χ3n) is 3.01. The predicted octanol–water partition coefficient (Wildman–Crippen LogP) is 1.53. The summed E-state index contributed by atoms with van der Waals surface area (Å²) in [4.78, 5) is 36.1. The summed E-state index contributed by atoms with van der Waals surface area (Å²) in [5.74, 6) is -0.807. The van der Waals surface area contributed by atoms with Crippen molar-refractivity contribution in [3.63, 3.8) is 0 Å². The largest absolute Gasteiger partial charge is 0.465 e. The van der Waals surface area contributed by atoms with Crippen LogP contribution in [0.1, 0.15) is 27.7 Å². The number of ether oxygens (including phenoxy) is 1. The highest BCUT2D eigenvalue weighted by Gasteiger charge is 2.30. The summed E-state index contributed by atoms with van der Waals surface area (Å²) in [6.45, 7) is 1.89. The van der Waals surface area contributed by atoms with E-state index in [-0.39, 0.29) is 12.5 Å². The van der Waals surface area contributed by atoms with Crippen molar-refractivity contribution in [2.24, 2.45) is 0 Å². The van der Waals surface area contributed by atoms with Crippen LogP contribution in [0.4, 0.5) is 9.80 Å². The van der Waals surface area contributed by atoms with Gasteiger partial charge in [-0.25, -0.2) is 9.59 Å². The Morgan fingerprint density at radius 2 is 2.10 bits per heavy atom. The fraction of sp³-hybridized carbons (Fsp3) is 0.417. The number of methoxy groups -OCH3 is 1. The number of nitrogens with zero attached hydrogens (tertiary/aromatic N) is 1. The van der Waals surface area contributed by atoms with Gasteiger partial charge in [-0.1, -0.05) is 0 Å². The molecule has 2 heterocycles. The van der Waals surface area contributed by atoms with Gasteiger partial charge in [0.2, 0.25) is 5.91 Å². The van der Waals surface area contributed by atoms with Gasteiger partial charge in [0.1, 0.15) is 5.00 Å². The number of carbonyl (C=O) groups excluding carboxylic acids is 2. The molecule has 2 rings (SSSR count). The molecule has 1 aliphatic rings. The molecule has 0 atom stereocenters. The molecule has 1 aliphatic heterocycles. The van der Waals surface area contributed by atoms with Gasteiger partial charge in [0, 0.05) is 18.3 Å². The molecular formula is C12H14N2O5S. The molecule has 0 bridgehead atoms. The molecule has 0 saturated carbocycles. The zero-order valence-electron chi connectivity index (χ0n) is 11.1. The Bertz CT molecular complexity index is 581. The van der Waals surface area contributed by atoms with E-state index < -0.39 is 12.1 Å². The molecule has 1 aromatic heterocycles. The highest BCUT2D eigenvalue weighted by atomic mass is 32.1. The van der Waals surface area contributed by atoms with E-state index in [1.165, 1.54) is 30.3 Å². The average molecular weight is 298 g/mol. The second-order valence-electron chi connectivity index (χ2n) is 4.33. The number of thiophene rings is 1. The molecule has 0 fully saturated rings. The normalized spacial score (nSPS) is 13.6. The molecule has 8 heteroatoms. The summed E-state index contributed by atoms with van der Waals surface area (Å²) in [7, 11) is 1.27. The quantitative estimate of drug-likeness (QED) is 0.807.